The van der Waals surface area contributed by atoms with Gasteiger partial charge in [0.25, 0.3) is 5.91 Å². The number of sulfone groups is 1. The molecule has 12 nitrogen and oxygen atoms in total. The molecule has 4 amide bonds. The monoisotopic (exact) mass is 680 g/mol. The molecule has 0 bridgehead atoms. The van der Waals surface area contributed by atoms with Gasteiger partial charge in [-0.15, -0.1) is 6.58 Å². The lowest BCUT2D eigenvalue weighted by Gasteiger charge is -2.37. The van der Waals surface area contributed by atoms with E-state index in [9.17, 15) is 32.4 Å². The number of nitrogens with zero attached hydrogens (tertiary/aromatic N) is 1. The highest BCUT2D eigenvalue weighted by Crippen LogP contribution is 2.65. The summed E-state index contributed by atoms with van der Waals surface area (Å²) in [5.41, 5.74) is -0.972. The molecule has 1 aliphatic heterocycles. The molecule has 0 radical (unpaired) electrons. The zero-order valence-electron chi connectivity index (χ0n) is 29.4. The van der Waals surface area contributed by atoms with Crippen molar-refractivity contribution >= 4 is 39.4 Å². The molecule has 13 heteroatoms. The lowest BCUT2D eigenvalue weighted by molar-refractivity contribution is -0.145. The van der Waals surface area contributed by atoms with E-state index in [1.54, 1.807) is 52.5 Å². The van der Waals surface area contributed by atoms with Crippen LogP contribution in [0.15, 0.2) is 12.7 Å². The van der Waals surface area contributed by atoms with Crippen molar-refractivity contribution in [3.05, 3.63) is 12.7 Å². The van der Waals surface area contributed by atoms with Crippen LogP contribution < -0.4 is 16.0 Å². The molecule has 2 aliphatic carbocycles. The second-order valence-electron chi connectivity index (χ2n) is 15.9. The summed E-state index contributed by atoms with van der Waals surface area (Å²) < 4.78 is 29.4. The van der Waals surface area contributed by atoms with Crippen LogP contribution in [0.5, 0.6) is 0 Å². The standard InChI is InChI=1S/C34H56N4O8S/c1-10-11-17-23(27(39)29(41)35-18-19-47(44,45)33(5,6)7)36-28(40)26-24-22(34(24,8)9)20-38(26)30(42)25(21-15-13-12-14-16-21)37-31(43)46-32(2,3)4/h10,21-26H,1,11-20H2,2-9H3,(H,35,41)(H,36,40)(H,37,43)/t22-,23?,24-,25-,26-/m0/s1. The number of amides is 4. The zero-order chi connectivity index (χ0) is 35.5. The minimum atomic E-state index is -3.52. The molecule has 2 saturated carbocycles. The molecule has 47 heavy (non-hydrogen) atoms. The maximum absolute atomic E-state index is 14.3. The molecule has 0 aromatic rings. The first-order valence-corrected chi connectivity index (χ1v) is 18.5. The maximum atomic E-state index is 14.3. The molecular formula is C34H56N4O8S. The molecule has 1 saturated heterocycles. The lowest BCUT2D eigenvalue weighted by atomic mass is 9.83. The van der Waals surface area contributed by atoms with Gasteiger partial charge < -0.3 is 25.6 Å². The van der Waals surface area contributed by atoms with E-state index in [4.69, 9.17) is 4.74 Å². The lowest BCUT2D eigenvalue weighted by Crippen LogP contribution is -2.60. The van der Waals surface area contributed by atoms with Crippen LogP contribution in [-0.4, -0.2) is 90.2 Å². The Morgan fingerprint density at radius 1 is 1.00 bits per heavy atom. The number of nitrogens with one attached hydrogen (secondary N) is 3. The fourth-order valence-corrected chi connectivity index (χ4v) is 7.92. The zero-order valence-corrected chi connectivity index (χ0v) is 30.3. The van der Waals surface area contributed by atoms with Gasteiger partial charge in [0, 0.05) is 13.1 Å². The fraction of sp³-hybridized carbons (Fsp3) is 0.794. The Morgan fingerprint density at radius 3 is 2.17 bits per heavy atom. The molecule has 3 rings (SSSR count). The molecule has 3 aliphatic rings. The van der Waals surface area contributed by atoms with Gasteiger partial charge in [0.05, 0.1) is 16.5 Å². The highest BCUT2D eigenvalue weighted by Gasteiger charge is 2.69. The summed E-state index contributed by atoms with van der Waals surface area (Å²) in [5.74, 6) is -3.33. The van der Waals surface area contributed by atoms with Gasteiger partial charge in [-0.2, -0.15) is 0 Å². The number of ketones is 1. The Bertz CT molecular complexity index is 1320. The minimum absolute atomic E-state index is 0.0612. The summed E-state index contributed by atoms with van der Waals surface area (Å²) in [7, 11) is -3.52. The number of rotatable bonds is 13. The summed E-state index contributed by atoms with van der Waals surface area (Å²) in [6.07, 6.45) is 5.76. The first kappa shape index (κ1) is 38.5. The summed E-state index contributed by atoms with van der Waals surface area (Å²) in [6.45, 7) is 17.8. The van der Waals surface area contributed by atoms with Crippen molar-refractivity contribution in [2.45, 2.75) is 129 Å². The topological polar surface area (TPSA) is 168 Å². The normalized spacial score (nSPS) is 23.9. The van der Waals surface area contributed by atoms with Gasteiger partial charge in [0.2, 0.25) is 17.6 Å². The van der Waals surface area contributed by atoms with Crippen LogP contribution in [0.3, 0.4) is 0 Å². The van der Waals surface area contributed by atoms with Gasteiger partial charge in [0.1, 0.15) is 17.7 Å². The third-order valence-electron chi connectivity index (χ3n) is 9.93. The number of ether oxygens (including phenoxy) is 1. The van der Waals surface area contributed by atoms with E-state index in [0.29, 0.717) is 13.0 Å². The number of hydrogen-bond acceptors (Lipinski definition) is 8. The molecule has 266 valence electrons. The average Bonchev–Trinajstić information content (AvgIpc) is 3.27. The first-order chi connectivity index (χ1) is 21.6. The Hall–Kier alpha value is -2.96. The Kier molecular flexibility index (Phi) is 12.0. The second-order valence-corrected chi connectivity index (χ2v) is 18.8. The highest BCUT2D eigenvalue weighted by molar-refractivity contribution is 7.92. The van der Waals surface area contributed by atoms with E-state index in [-0.39, 0.29) is 47.8 Å². The number of allylic oxidation sites excluding steroid dienone is 1. The van der Waals surface area contributed by atoms with Gasteiger partial charge >= 0.3 is 6.09 Å². The van der Waals surface area contributed by atoms with E-state index in [1.165, 1.54) is 0 Å². The molecule has 5 atom stereocenters. The molecule has 0 spiro atoms. The van der Waals surface area contributed by atoms with E-state index < -0.39 is 62.0 Å². The Labute approximate surface area is 280 Å². The van der Waals surface area contributed by atoms with Crippen LogP contribution in [0.25, 0.3) is 0 Å². The van der Waals surface area contributed by atoms with Gasteiger partial charge in [-0.05, 0) is 90.4 Å². The van der Waals surface area contributed by atoms with Crippen molar-refractivity contribution in [1.29, 1.82) is 0 Å². The SMILES string of the molecule is C=CCCC(NC(=O)[C@@H]1[C@@H]2[C@H](CN1C(=O)[C@@H](NC(=O)OC(C)(C)C)C1CCCCC1)C2(C)C)C(=O)C(=O)NCCS(=O)(=O)C(C)(C)C. The molecule has 0 aromatic carbocycles. The van der Waals surface area contributed by atoms with Crippen LogP contribution in [0.4, 0.5) is 4.79 Å². The van der Waals surface area contributed by atoms with Crippen LogP contribution >= 0.6 is 0 Å². The summed E-state index contributed by atoms with van der Waals surface area (Å²) in [5, 5.41) is 7.97. The van der Waals surface area contributed by atoms with Crippen LogP contribution in [0, 0.1) is 23.2 Å². The minimum Gasteiger partial charge on any atom is -0.444 e. The quantitative estimate of drug-likeness (QED) is 0.197. The molecular weight excluding hydrogens is 624 g/mol. The highest BCUT2D eigenvalue weighted by atomic mass is 32.2. The predicted octanol–water partition coefficient (Wildman–Crippen LogP) is 3.29. The number of piperidine rings is 1. The van der Waals surface area contributed by atoms with Crippen molar-refractivity contribution < 1.29 is 37.1 Å². The van der Waals surface area contributed by atoms with Crippen LogP contribution in [0.1, 0.15) is 100 Å². The summed E-state index contributed by atoms with van der Waals surface area (Å²) in [6, 6.07) is -2.96. The number of hydrogen-bond donors (Lipinski definition) is 3. The van der Waals surface area contributed by atoms with Crippen LogP contribution in [0.2, 0.25) is 0 Å². The third-order valence-corrected chi connectivity index (χ3v) is 12.5. The Balaban J connectivity index is 1.80. The van der Waals surface area contributed by atoms with E-state index in [1.807, 2.05) is 13.8 Å². The van der Waals surface area contributed by atoms with E-state index in [2.05, 4.69) is 22.5 Å². The van der Waals surface area contributed by atoms with Crippen molar-refractivity contribution in [3.8, 4) is 0 Å². The largest absolute Gasteiger partial charge is 0.444 e. The van der Waals surface area contributed by atoms with E-state index >= 15 is 0 Å². The van der Waals surface area contributed by atoms with Crippen molar-refractivity contribution in [2.75, 3.05) is 18.8 Å². The van der Waals surface area contributed by atoms with Gasteiger partial charge in [-0.3, -0.25) is 19.2 Å². The average molecular weight is 681 g/mol. The third kappa shape index (κ3) is 9.35. The van der Waals surface area contributed by atoms with Crippen LogP contribution in [-0.2, 0) is 33.8 Å². The van der Waals surface area contributed by atoms with E-state index in [0.717, 1.165) is 32.1 Å². The number of Topliss-reactive ketones (excluding diaryl/α,β-unsaturated/α-hetero) is 1. The van der Waals surface area contributed by atoms with Gasteiger partial charge in [0.15, 0.2) is 9.84 Å². The predicted molar refractivity (Wildman–Crippen MR) is 179 cm³/mol. The summed E-state index contributed by atoms with van der Waals surface area (Å²) in [4.78, 5) is 68.9. The summed E-state index contributed by atoms with van der Waals surface area (Å²) >= 11 is 0. The van der Waals surface area contributed by atoms with Gasteiger partial charge in [-0.1, -0.05) is 39.2 Å². The number of fused-ring (bicyclic) bond motifs is 1. The Morgan fingerprint density at radius 2 is 1.62 bits per heavy atom. The molecule has 0 aromatic heterocycles. The number of carbonyl (C=O) groups is 5. The number of carbonyl (C=O) groups excluding carboxylic acids is 5. The van der Waals surface area contributed by atoms with Crippen molar-refractivity contribution in [1.82, 2.24) is 20.9 Å². The van der Waals surface area contributed by atoms with Gasteiger partial charge in [-0.25, -0.2) is 13.2 Å². The number of alkyl carbamates (subject to hydrolysis) is 1. The first-order valence-electron chi connectivity index (χ1n) is 16.9. The second kappa shape index (κ2) is 14.7. The molecule has 1 unspecified atom stereocenters. The maximum Gasteiger partial charge on any atom is 0.408 e. The van der Waals surface area contributed by atoms with Crippen molar-refractivity contribution in [3.63, 3.8) is 0 Å². The van der Waals surface area contributed by atoms with Crippen molar-refractivity contribution in [2.24, 2.45) is 23.2 Å². The molecule has 3 fully saturated rings. The number of likely N-dealkylation sites (tertiary alicyclic amines) is 1. The molecule has 1 heterocycles. The smallest absolute Gasteiger partial charge is 0.408 e. The fourth-order valence-electron chi connectivity index (χ4n) is 6.94. The molecule has 3 N–H and O–H groups in total.